The third kappa shape index (κ3) is 2.91. The summed E-state index contributed by atoms with van der Waals surface area (Å²) in [5.41, 5.74) is 3.63. The van der Waals surface area contributed by atoms with E-state index in [0.29, 0.717) is 4.88 Å². The molecule has 0 saturated heterocycles. The van der Waals surface area contributed by atoms with E-state index in [1.54, 1.807) is 0 Å². The highest BCUT2D eigenvalue weighted by molar-refractivity contribution is 7.18. The van der Waals surface area contributed by atoms with Crippen molar-refractivity contribution in [2.75, 3.05) is 0 Å². The summed E-state index contributed by atoms with van der Waals surface area (Å²) in [6.07, 6.45) is 2.61. The Labute approximate surface area is 158 Å². The van der Waals surface area contributed by atoms with Crippen molar-refractivity contribution in [3.05, 3.63) is 53.3 Å². The second-order valence-corrected chi connectivity index (χ2v) is 8.34. The van der Waals surface area contributed by atoms with Crippen LogP contribution in [0.2, 0.25) is 0 Å². The Bertz CT molecular complexity index is 1160. The molecule has 4 nitrogen and oxygen atoms in total. The van der Waals surface area contributed by atoms with Crippen LogP contribution in [0.5, 0.6) is 0 Å². The molecular formula is C20H17F2N3OS. The summed E-state index contributed by atoms with van der Waals surface area (Å²) >= 11 is 1.37. The van der Waals surface area contributed by atoms with Gasteiger partial charge in [0.15, 0.2) is 0 Å². The van der Waals surface area contributed by atoms with Crippen molar-refractivity contribution in [1.29, 1.82) is 0 Å². The monoisotopic (exact) mass is 385 g/mol. The molecule has 0 aliphatic heterocycles. The highest BCUT2D eigenvalue weighted by atomic mass is 32.1. The van der Waals surface area contributed by atoms with Crippen LogP contribution < -0.4 is 0 Å². The van der Waals surface area contributed by atoms with Gasteiger partial charge in [-0.05, 0) is 37.3 Å². The van der Waals surface area contributed by atoms with E-state index in [0.717, 1.165) is 32.8 Å². The smallest absolute Gasteiger partial charge is 0.248 e. The van der Waals surface area contributed by atoms with Crippen LogP contribution in [0, 0.1) is 12.8 Å². The number of halogens is 2. The Morgan fingerprint density at radius 2 is 2.00 bits per heavy atom. The molecule has 1 fully saturated rings. The van der Waals surface area contributed by atoms with Crippen molar-refractivity contribution in [2.24, 2.45) is 5.92 Å². The number of fused-ring (bicyclic) bond motifs is 2. The van der Waals surface area contributed by atoms with Gasteiger partial charge in [-0.15, -0.1) is 11.3 Å². The molecule has 1 atom stereocenters. The van der Waals surface area contributed by atoms with Crippen molar-refractivity contribution in [1.82, 2.24) is 14.4 Å². The Hall–Kier alpha value is -2.38. The van der Waals surface area contributed by atoms with E-state index in [4.69, 9.17) is 4.98 Å². The fraction of sp³-hybridized carbons (Fsp3) is 0.300. The summed E-state index contributed by atoms with van der Waals surface area (Å²) in [6, 6.07) is 9.70. The lowest BCUT2D eigenvalue weighted by Crippen LogP contribution is -2.38. The number of nitrogens with zero attached hydrogens (tertiary/aromatic N) is 3. The SMILES string of the molecule is Cc1cn2cc(-c3ccc4cc([C@@H](O)C5CC(F)(F)C5)sc4n3)ccc2n1. The molecule has 1 aliphatic carbocycles. The fourth-order valence-corrected chi connectivity index (χ4v) is 4.79. The van der Waals surface area contributed by atoms with E-state index in [1.807, 2.05) is 54.0 Å². The highest BCUT2D eigenvalue weighted by Gasteiger charge is 2.48. The van der Waals surface area contributed by atoms with Gasteiger partial charge in [-0.2, -0.15) is 0 Å². The second kappa shape index (κ2) is 5.81. The quantitative estimate of drug-likeness (QED) is 0.540. The third-order valence-electron chi connectivity index (χ3n) is 5.13. The number of imidazole rings is 1. The van der Waals surface area contributed by atoms with Crippen molar-refractivity contribution in [3.8, 4) is 11.3 Å². The van der Waals surface area contributed by atoms with Crippen molar-refractivity contribution >= 4 is 27.2 Å². The predicted octanol–water partition coefficient (Wildman–Crippen LogP) is 5.00. The summed E-state index contributed by atoms with van der Waals surface area (Å²) in [7, 11) is 0. The molecule has 0 radical (unpaired) electrons. The van der Waals surface area contributed by atoms with Crippen LogP contribution in [-0.4, -0.2) is 25.4 Å². The number of pyridine rings is 2. The van der Waals surface area contributed by atoms with Gasteiger partial charge in [0, 0.05) is 47.0 Å². The van der Waals surface area contributed by atoms with Crippen molar-refractivity contribution < 1.29 is 13.9 Å². The lowest BCUT2D eigenvalue weighted by molar-refractivity contribution is -0.141. The summed E-state index contributed by atoms with van der Waals surface area (Å²) in [5.74, 6) is -3.00. The van der Waals surface area contributed by atoms with Gasteiger partial charge in [-0.1, -0.05) is 0 Å². The van der Waals surface area contributed by atoms with Crippen LogP contribution in [0.1, 0.15) is 29.5 Å². The Morgan fingerprint density at radius 1 is 1.19 bits per heavy atom. The molecule has 0 amide bonds. The minimum Gasteiger partial charge on any atom is -0.387 e. The van der Waals surface area contributed by atoms with E-state index >= 15 is 0 Å². The summed E-state index contributed by atoms with van der Waals surface area (Å²) in [5, 5.41) is 11.3. The average molecular weight is 385 g/mol. The molecule has 5 rings (SSSR count). The van der Waals surface area contributed by atoms with Gasteiger partial charge in [0.2, 0.25) is 5.92 Å². The zero-order valence-corrected chi connectivity index (χ0v) is 15.4. The first-order valence-corrected chi connectivity index (χ1v) is 9.62. The van der Waals surface area contributed by atoms with Crippen LogP contribution in [0.3, 0.4) is 0 Å². The maximum absolute atomic E-state index is 13.1. The van der Waals surface area contributed by atoms with Crippen LogP contribution in [0.25, 0.3) is 27.1 Å². The molecule has 4 aromatic rings. The molecule has 4 heterocycles. The Kier molecular flexibility index (Phi) is 3.61. The number of aromatic nitrogens is 3. The lowest BCUT2D eigenvalue weighted by Gasteiger charge is -2.37. The van der Waals surface area contributed by atoms with Gasteiger partial charge >= 0.3 is 0 Å². The number of aryl methyl sites for hydroxylation is 1. The van der Waals surface area contributed by atoms with Gasteiger partial charge in [-0.25, -0.2) is 18.7 Å². The molecule has 0 spiro atoms. The molecule has 138 valence electrons. The maximum atomic E-state index is 13.1. The number of aliphatic hydroxyl groups excluding tert-OH is 1. The lowest BCUT2D eigenvalue weighted by atomic mass is 9.77. The summed E-state index contributed by atoms with van der Waals surface area (Å²) < 4.78 is 28.2. The van der Waals surface area contributed by atoms with Crippen molar-refractivity contribution in [3.63, 3.8) is 0 Å². The minimum atomic E-state index is -2.63. The number of alkyl halides is 2. The van der Waals surface area contributed by atoms with Gasteiger partial charge in [0.1, 0.15) is 10.5 Å². The highest BCUT2D eigenvalue weighted by Crippen LogP contribution is 2.49. The topological polar surface area (TPSA) is 50.4 Å². The molecule has 4 aromatic heterocycles. The number of thiophene rings is 1. The Balaban J connectivity index is 1.47. The van der Waals surface area contributed by atoms with E-state index < -0.39 is 12.0 Å². The zero-order valence-electron chi connectivity index (χ0n) is 14.6. The number of aliphatic hydroxyl groups is 1. The molecule has 27 heavy (non-hydrogen) atoms. The number of hydrogen-bond acceptors (Lipinski definition) is 4. The van der Waals surface area contributed by atoms with Gasteiger partial charge in [0.25, 0.3) is 0 Å². The predicted molar refractivity (Wildman–Crippen MR) is 101 cm³/mol. The molecule has 0 unspecified atom stereocenters. The van der Waals surface area contributed by atoms with E-state index in [2.05, 4.69) is 4.98 Å². The van der Waals surface area contributed by atoms with Gasteiger partial charge < -0.3 is 9.51 Å². The summed E-state index contributed by atoms with van der Waals surface area (Å²) in [6.45, 7) is 1.95. The molecule has 0 bridgehead atoms. The summed E-state index contributed by atoms with van der Waals surface area (Å²) in [4.78, 5) is 10.6. The molecule has 0 aromatic carbocycles. The van der Waals surface area contributed by atoms with Gasteiger partial charge in [0.05, 0.1) is 17.5 Å². The number of rotatable bonds is 3. The maximum Gasteiger partial charge on any atom is 0.248 e. The van der Waals surface area contributed by atoms with Crippen molar-refractivity contribution in [2.45, 2.75) is 31.8 Å². The minimum absolute atomic E-state index is 0.245. The molecule has 1 N–H and O–H groups in total. The van der Waals surface area contributed by atoms with Gasteiger partial charge in [-0.3, -0.25) is 0 Å². The average Bonchev–Trinajstić information content (AvgIpc) is 3.19. The zero-order chi connectivity index (χ0) is 18.8. The second-order valence-electron chi connectivity index (χ2n) is 7.27. The first-order valence-electron chi connectivity index (χ1n) is 8.80. The van der Waals surface area contributed by atoms with E-state index in [1.165, 1.54) is 11.3 Å². The normalized spacial score (nSPS) is 18.1. The fourth-order valence-electron chi connectivity index (χ4n) is 3.68. The standard InChI is InChI=1S/C20H17F2N3OS/c1-11-9-25-10-13(3-5-17(25)23-11)15-4-2-12-6-16(27-19(12)24-15)18(26)14-7-20(21,22)8-14/h2-6,9-10,14,18,26H,7-8H2,1H3/t18-/m0/s1. The Morgan fingerprint density at radius 3 is 2.78 bits per heavy atom. The molecule has 7 heteroatoms. The first-order chi connectivity index (χ1) is 12.9. The first kappa shape index (κ1) is 16.8. The molecule has 1 aliphatic rings. The largest absolute Gasteiger partial charge is 0.387 e. The van der Waals surface area contributed by atoms with Crippen LogP contribution >= 0.6 is 11.3 Å². The van der Waals surface area contributed by atoms with E-state index in [-0.39, 0.29) is 18.8 Å². The molecular weight excluding hydrogens is 368 g/mol. The third-order valence-corrected chi connectivity index (χ3v) is 6.24. The van der Waals surface area contributed by atoms with Crippen LogP contribution in [0.15, 0.2) is 42.7 Å². The number of hydrogen-bond donors (Lipinski definition) is 1. The van der Waals surface area contributed by atoms with Crippen LogP contribution in [0.4, 0.5) is 8.78 Å². The molecule has 1 saturated carbocycles. The van der Waals surface area contributed by atoms with E-state index in [9.17, 15) is 13.9 Å². The van der Waals surface area contributed by atoms with Crippen LogP contribution in [-0.2, 0) is 0 Å².